The van der Waals surface area contributed by atoms with Crippen LogP contribution in [-0.2, 0) is 11.3 Å². The number of anilines is 1. The largest absolute Gasteiger partial charge is 0.376 e. The van der Waals surface area contributed by atoms with Crippen LogP contribution in [0.3, 0.4) is 0 Å². The lowest BCUT2D eigenvalue weighted by Gasteiger charge is -2.10. The molecular formula is C20H24ClN3O2. The molecule has 0 bridgehead atoms. The lowest BCUT2D eigenvalue weighted by atomic mass is 10.2. The van der Waals surface area contributed by atoms with Crippen LogP contribution in [0, 0.1) is 0 Å². The summed E-state index contributed by atoms with van der Waals surface area (Å²) >= 11 is 6.07. The van der Waals surface area contributed by atoms with Crippen LogP contribution in [0.5, 0.6) is 0 Å². The van der Waals surface area contributed by atoms with Crippen molar-refractivity contribution in [2.45, 2.75) is 26.3 Å². The smallest absolute Gasteiger partial charge is 0.251 e. The third-order valence-electron chi connectivity index (χ3n) is 3.83. The summed E-state index contributed by atoms with van der Waals surface area (Å²) < 4.78 is 0. The van der Waals surface area contributed by atoms with Crippen LogP contribution in [-0.4, -0.2) is 24.9 Å². The van der Waals surface area contributed by atoms with E-state index >= 15 is 0 Å². The molecule has 0 radical (unpaired) electrons. The molecule has 2 rings (SSSR count). The fourth-order valence-corrected chi connectivity index (χ4v) is 2.53. The molecule has 138 valence electrons. The minimum atomic E-state index is -0.150. The van der Waals surface area contributed by atoms with Crippen molar-refractivity contribution in [1.82, 2.24) is 10.6 Å². The fraction of sp³-hybridized carbons (Fsp3) is 0.300. The molecule has 2 aromatic carbocycles. The first kappa shape index (κ1) is 19.8. The number of hydrogen-bond acceptors (Lipinski definition) is 3. The molecule has 0 aliphatic rings. The molecule has 0 saturated heterocycles. The maximum Gasteiger partial charge on any atom is 0.251 e. The Morgan fingerprint density at radius 2 is 1.85 bits per heavy atom. The van der Waals surface area contributed by atoms with Crippen LogP contribution in [0.1, 0.15) is 35.7 Å². The second-order valence-corrected chi connectivity index (χ2v) is 6.32. The predicted molar refractivity (Wildman–Crippen MR) is 105 cm³/mol. The molecule has 26 heavy (non-hydrogen) atoms. The molecule has 0 aromatic heterocycles. The number of carbonyl (C=O) groups is 2. The minimum absolute atomic E-state index is 0.106. The van der Waals surface area contributed by atoms with Gasteiger partial charge in [-0.2, -0.15) is 0 Å². The third-order valence-corrected chi connectivity index (χ3v) is 4.20. The van der Waals surface area contributed by atoms with Gasteiger partial charge in [0.1, 0.15) is 0 Å². The number of carbonyl (C=O) groups excluding carboxylic acids is 2. The van der Waals surface area contributed by atoms with E-state index in [-0.39, 0.29) is 18.4 Å². The van der Waals surface area contributed by atoms with E-state index in [2.05, 4.69) is 22.9 Å². The van der Waals surface area contributed by atoms with Gasteiger partial charge in [0.2, 0.25) is 5.91 Å². The van der Waals surface area contributed by atoms with E-state index < -0.39 is 0 Å². The van der Waals surface area contributed by atoms with Gasteiger partial charge in [-0.05, 0) is 36.2 Å². The van der Waals surface area contributed by atoms with E-state index in [1.54, 1.807) is 24.3 Å². The Bertz CT molecular complexity index is 749. The molecule has 0 atom stereocenters. The number of hydrogen-bond donors (Lipinski definition) is 3. The Hall–Kier alpha value is -2.53. The number of nitrogens with one attached hydrogen (secondary N) is 3. The Kier molecular flexibility index (Phi) is 7.96. The van der Waals surface area contributed by atoms with Gasteiger partial charge in [0.05, 0.1) is 6.54 Å². The summed E-state index contributed by atoms with van der Waals surface area (Å²) in [4.78, 5) is 24.1. The van der Waals surface area contributed by atoms with Crippen LogP contribution in [0.15, 0.2) is 48.5 Å². The van der Waals surface area contributed by atoms with Gasteiger partial charge in [-0.25, -0.2) is 0 Å². The molecule has 5 nitrogen and oxygen atoms in total. The Balaban J connectivity index is 1.81. The SMILES string of the molecule is CCCCNC(=O)c1cccc(NCC(=O)NCc2ccccc2Cl)c1. The van der Waals surface area contributed by atoms with Crippen molar-refractivity contribution in [3.63, 3.8) is 0 Å². The average Bonchev–Trinajstić information content (AvgIpc) is 2.66. The first-order valence-corrected chi connectivity index (χ1v) is 9.10. The van der Waals surface area contributed by atoms with Gasteiger partial charge in [-0.1, -0.05) is 49.2 Å². The number of amides is 2. The second kappa shape index (κ2) is 10.5. The molecule has 2 aromatic rings. The van der Waals surface area contributed by atoms with Crippen molar-refractivity contribution in [3.05, 3.63) is 64.7 Å². The van der Waals surface area contributed by atoms with Gasteiger partial charge in [-0.15, -0.1) is 0 Å². The molecule has 0 aliphatic heterocycles. The van der Waals surface area contributed by atoms with Gasteiger partial charge in [-0.3, -0.25) is 9.59 Å². The van der Waals surface area contributed by atoms with Crippen LogP contribution < -0.4 is 16.0 Å². The molecular weight excluding hydrogens is 350 g/mol. The van der Waals surface area contributed by atoms with Crippen LogP contribution >= 0.6 is 11.6 Å². The molecule has 0 heterocycles. The van der Waals surface area contributed by atoms with Crippen LogP contribution in [0.2, 0.25) is 5.02 Å². The molecule has 6 heteroatoms. The average molecular weight is 374 g/mol. The Morgan fingerprint density at radius 3 is 2.62 bits per heavy atom. The summed E-state index contributed by atoms with van der Waals surface area (Å²) in [5.74, 6) is -0.256. The van der Waals surface area contributed by atoms with Crippen molar-refractivity contribution >= 4 is 29.1 Å². The van der Waals surface area contributed by atoms with Gasteiger partial charge >= 0.3 is 0 Å². The lowest BCUT2D eigenvalue weighted by Crippen LogP contribution is -2.29. The summed E-state index contributed by atoms with van der Waals surface area (Å²) in [5.41, 5.74) is 2.16. The summed E-state index contributed by atoms with van der Waals surface area (Å²) in [6.07, 6.45) is 1.99. The molecule has 0 fully saturated rings. The zero-order valence-electron chi connectivity index (χ0n) is 14.8. The molecule has 0 unspecified atom stereocenters. The summed E-state index contributed by atoms with van der Waals surface area (Å²) in [7, 11) is 0. The quantitative estimate of drug-likeness (QED) is 0.588. The van der Waals surface area contributed by atoms with Gasteiger partial charge in [0.25, 0.3) is 5.91 Å². The van der Waals surface area contributed by atoms with Gasteiger partial charge < -0.3 is 16.0 Å². The highest BCUT2D eigenvalue weighted by Crippen LogP contribution is 2.14. The van der Waals surface area contributed by atoms with Crippen molar-refractivity contribution < 1.29 is 9.59 Å². The molecule has 2 amide bonds. The first-order valence-electron chi connectivity index (χ1n) is 8.72. The summed E-state index contributed by atoms with van der Waals surface area (Å²) in [6, 6.07) is 14.5. The van der Waals surface area contributed by atoms with Crippen molar-refractivity contribution in [1.29, 1.82) is 0 Å². The lowest BCUT2D eigenvalue weighted by molar-refractivity contribution is -0.119. The van der Waals surface area contributed by atoms with Gasteiger partial charge in [0, 0.05) is 29.4 Å². The van der Waals surface area contributed by atoms with E-state index in [0.717, 1.165) is 24.1 Å². The van der Waals surface area contributed by atoms with Crippen molar-refractivity contribution in [2.24, 2.45) is 0 Å². The fourth-order valence-electron chi connectivity index (χ4n) is 2.33. The van der Waals surface area contributed by atoms with E-state index in [1.165, 1.54) is 0 Å². The number of rotatable bonds is 9. The first-order chi connectivity index (χ1) is 12.6. The van der Waals surface area contributed by atoms with E-state index in [4.69, 9.17) is 11.6 Å². The molecule has 0 aliphatic carbocycles. The molecule has 0 saturated carbocycles. The second-order valence-electron chi connectivity index (χ2n) is 5.91. The van der Waals surface area contributed by atoms with Crippen molar-refractivity contribution in [2.75, 3.05) is 18.4 Å². The standard InChI is InChI=1S/C20H24ClN3O2/c1-2-3-11-22-20(26)15-8-6-9-17(12-15)23-14-19(25)24-13-16-7-4-5-10-18(16)21/h4-10,12,23H,2-3,11,13-14H2,1H3,(H,22,26)(H,24,25). The summed E-state index contributed by atoms with van der Waals surface area (Å²) in [5, 5.41) is 9.35. The van der Waals surface area contributed by atoms with Crippen LogP contribution in [0.25, 0.3) is 0 Å². The van der Waals surface area contributed by atoms with E-state index in [9.17, 15) is 9.59 Å². The Morgan fingerprint density at radius 1 is 1.04 bits per heavy atom. The van der Waals surface area contributed by atoms with E-state index in [1.807, 2.05) is 24.3 Å². The zero-order chi connectivity index (χ0) is 18.8. The summed E-state index contributed by atoms with van der Waals surface area (Å²) in [6.45, 7) is 3.23. The van der Waals surface area contributed by atoms with Crippen LogP contribution in [0.4, 0.5) is 5.69 Å². The minimum Gasteiger partial charge on any atom is -0.376 e. The third kappa shape index (κ3) is 6.41. The highest BCUT2D eigenvalue weighted by molar-refractivity contribution is 6.31. The topological polar surface area (TPSA) is 70.2 Å². The molecule has 0 spiro atoms. The Labute approximate surface area is 159 Å². The maximum atomic E-state index is 12.1. The van der Waals surface area contributed by atoms with Crippen molar-refractivity contribution in [3.8, 4) is 0 Å². The zero-order valence-corrected chi connectivity index (χ0v) is 15.6. The number of halogens is 1. The predicted octanol–water partition coefficient (Wildman–Crippen LogP) is 3.60. The highest BCUT2D eigenvalue weighted by atomic mass is 35.5. The maximum absolute atomic E-state index is 12.1. The van der Waals surface area contributed by atoms with E-state index in [0.29, 0.717) is 23.7 Å². The highest BCUT2D eigenvalue weighted by Gasteiger charge is 2.07. The number of benzene rings is 2. The van der Waals surface area contributed by atoms with Gasteiger partial charge in [0.15, 0.2) is 0 Å². The molecule has 3 N–H and O–H groups in total. The monoisotopic (exact) mass is 373 g/mol. The number of unbranched alkanes of at least 4 members (excludes halogenated alkanes) is 1. The normalized spacial score (nSPS) is 10.2.